The molecule has 0 heterocycles. The van der Waals surface area contributed by atoms with Gasteiger partial charge in [-0.05, 0) is 38.0 Å². The molecule has 2 rings (SSSR count). The van der Waals surface area contributed by atoms with E-state index < -0.39 is 10.0 Å². The van der Waals surface area contributed by atoms with Crippen LogP contribution in [0.4, 0.5) is 0 Å². The Morgan fingerprint density at radius 1 is 0.955 bits per heavy atom. The van der Waals surface area contributed by atoms with Crippen molar-refractivity contribution in [2.45, 2.75) is 32.1 Å². The van der Waals surface area contributed by atoms with E-state index in [0.29, 0.717) is 12.1 Å². The van der Waals surface area contributed by atoms with Gasteiger partial charge in [-0.2, -0.15) is 18.4 Å². The fourth-order valence-electron chi connectivity index (χ4n) is 1.98. The van der Waals surface area contributed by atoms with E-state index in [9.17, 15) is 8.42 Å². The minimum absolute atomic E-state index is 0.209. The van der Waals surface area contributed by atoms with E-state index in [4.69, 9.17) is 0 Å². The van der Waals surface area contributed by atoms with E-state index in [1.807, 2.05) is 45.0 Å². The van der Waals surface area contributed by atoms with Gasteiger partial charge < -0.3 is 0 Å². The monoisotopic (exact) mass is 316 g/mol. The summed E-state index contributed by atoms with van der Waals surface area (Å²) < 4.78 is 24.5. The Labute approximate surface area is 131 Å². The first kappa shape index (κ1) is 16.2. The first-order chi connectivity index (χ1) is 10.4. The molecule has 0 aromatic heterocycles. The molecular weight excluding hydrogens is 296 g/mol. The van der Waals surface area contributed by atoms with Gasteiger partial charge >= 0.3 is 0 Å². The maximum Gasteiger partial charge on any atom is 0.276 e. The summed E-state index contributed by atoms with van der Waals surface area (Å²) >= 11 is 0. The Hall–Kier alpha value is -2.14. The molecule has 5 heteroatoms. The van der Waals surface area contributed by atoms with Crippen LogP contribution in [0.1, 0.15) is 30.0 Å². The number of hydrogen-bond acceptors (Lipinski definition) is 3. The van der Waals surface area contributed by atoms with Gasteiger partial charge in [-0.3, -0.25) is 0 Å². The third-order valence-electron chi connectivity index (χ3n) is 3.35. The quantitative estimate of drug-likeness (QED) is 0.679. The van der Waals surface area contributed by atoms with E-state index in [-0.39, 0.29) is 4.90 Å². The molecule has 0 aliphatic rings. The maximum absolute atomic E-state index is 12.2. The molecule has 0 bridgehead atoms. The van der Waals surface area contributed by atoms with Gasteiger partial charge in [-0.25, -0.2) is 0 Å². The maximum atomic E-state index is 12.2. The zero-order valence-electron chi connectivity index (χ0n) is 13.0. The van der Waals surface area contributed by atoms with Crippen molar-refractivity contribution in [1.82, 2.24) is 4.83 Å². The zero-order valence-corrected chi connectivity index (χ0v) is 13.8. The number of aryl methyl sites for hydroxylation is 2. The van der Waals surface area contributed by atoms with Crippen molar-refractivity contribution in [2.24, 2.45) is 5.10 Å². The summed E-state index contributed by atoms with van der Waals surface area (Å²) in [5.74, 6) is 0. The number of sulfonamides is 1. The van der Waals surface area contributed by atoms with Crippen LogP contribution in [0, 0.1) is 13.8 Å². The molecule has 0 unspecified atom stereocenters. The SMILES string of the molecule is CCC(=NNS(=O)(=O)c1ccc(C)cc1)c1ccc(C)cc1. The lowest BCUT2D eigenvalue weighted by Gasteiger charge is -2.07. The molecule has 0 fully saturated rings. The van der Waals surface area contributed by atoms with Gasteiger partial charge in [-0.1, -0.05) is 54.4 Å². The standard InChI is InChI=1S/C17H20N2O2S/c1-4-17(15-9-5-13(2)6-10-15)18-19-22(20,21)16-11-7-14(3)8-12-16/h5-12,19H,4H2,1-3H3. The van der Waals surface area contributed by atoms with Gasteiger partial charge in [0.1, 0.15) is 0 Å². The van der Waals surface area contributed by atoms with Crippen molar-refractivity contribution in [3.8, 4) is 0 Å². The molecule has 0 saturated heterocycles. The van der Waals surface area contributed by atoms with Gasteiger partial charge in [-0.15, -0.1) is 0 Å². The molecule has 0 saturated carbocycles. The summed E-state index contributed by atoms with van der Waals surface area (Å²) in [7, 11) is -3.64. The number of hydrogen-bond donors (Lipinski definition) is 1. The second-order valence-electron chi connectivity index (χ2n) is 5.19. The number of benzene rings is 2. The third kappa shape index (κ3) is 3.95. The summed E-state index contributed by atoms with van der Waals surface area (Å²) in [6.07, 6.45) is 0.638. The Morgan fingerprint density at radius 3 is 1.95 bits per heavy atom. The van der Waals surface area contributed by atoms with Crippen LogP contribution in [0.3, 0.4) is 0 Å². The highest BCUT2D eigenvalue weighted by atomic mass is 32.2. The lowest BCUT2D eigenvalue weighted by atomic mass is 10.1. The molecule has 0 atom stereocenters. The van der Waals surface area contributed by atoms with Crippen molar-refractivity contribution in [3.63, 3.8) is 0 Å². The zero-order chi connectivity index (χ0) is 16.2. The second-order valence-corrected chi connectivity index (χ2v) is 6.85. The number of hydrazone groups is 1. The van der Waals surface area contributed by atoms with Crippen molar-refractivity contribution >= 4 is 15.7 Å². The molecule has 0 radical (unpaired) electrons. The first-order valence-corrected chi connectivity index (χ1v) is 8.63. The fraction of sp³-hybridized carbons (Fsp3) is 0.235. The highest BCUT2D eigenvalue weighted by molar-refractivity contribution is 7.89. The van der Waals surface area contributed by atoms with Crippen LogP contribution in [0.5, 0.6) is 0 Å². The molecule has 2 aromatic carbocycles. The lowest BCUT2D eigenvalue weighted by molar-refractivity contribution is 0.584. The van der Waals surface area contributed by atoms with Crippen molar-refractivity contribution in [3.05, 3.63) is 65.2 Å². The summed E-state index contributed by atoms with van der Waals surface area (Å²) in [5.41, 5.74) is 3.78. The topological polar surface area (TPSA) is 58.5 Å². The predicted molar refractivity (Wildman–Crippen MR) is 89.5 cm³/mol. The molecule has 1 N–H and O–H groups in total. The van der Waals surface area contributed by atoms with Crippen LogP contribution in [-0.4, -0.2) is 14.1 Å². The van der Waals surface area contributed by atoms with E-state index in [2.05, 4.69) is 9.93 Å². The molecule has 2 aromatic rings. The van der Waals surface area contributed by atoms with Crippen LogP contribution in [0.15, 0.2) is 58.5 Å². The Morgan fingerprint density at radius 2 is 1.45 bits per heavy atom. The van der Waals surface area contributed by atoms with Gasteiger partial charge in [0, 0.05) is 0 Å². The van der Waals surface area contributed by atoms with Crippen molar-refractivity contribution in [1.29, 1.82) is 0 Å². The smallest absolute Gasteiger partial charge is 0.200 e. The molecule has 116 valence electrons. The average Bonchev–Trinajstić information content (AvgIpc) is 2.50. The molecule has 0 spiro atoms. The van der Waals surface area contributed by atoms with Crippen LogP contribution < -0.4 is 4.83 Å². The Balaban J connectivity index is 2.24. The summed E-state index contributed by atoms with van der Waals surface area (Å²) in [4.78, 5) is 2.53. The lowest BCUT2D eigenvalue weighted by Crippen LogP contribution is -2.20. The summed E-state index contributed by atoms with van der Waals surface area (Å²) in [6, 6.07) is 14.5. The molecule has 0 aliphatic heterocycles. The van der Waals surface area contributed by atoms with E-state index in [0.717, 1.165) is 16.7 Å². The summed E-state index contributed by atoms with van der Waals surface area (Å²) in [6.45, 7) is 5.86. The van der Waals surface area contributed by atoms with Crippen LogP contribution in [0.25, 0.3) is 0 Å². The van der Waals surface area contributed by atoms with Gasteiger partial charge in [0.05, 0.1) is 10.6 Å². The highest BCUT2D eigenvalue weighted by Gasteiger charge is 2.13. The fourth-order valence-corrected chi connectivity index (χ4v) is 2.81. The number of rotatable bonds is 5. The van der Waals surface area contributed by atoms with Crippen LogP contribution >= 0.6 is 0 Å². The van der Waals surface area contributed by atoms with Gasteiger partial charge in [0.25, 0.3) is 10.0 Å². The van der Waals surface area contributed by atoms with Crippen LogP contribution in [0.2, 0.25) is 0 Å². The third-order valence-corrected chi connectivity index (χ3v) is 4.58. The normalized spacial score (nSPS) is 12.2. The molecule has 0 aliphatic carbocycles. The minimum atomic E-state index is -3.64. The first-order valence-electron chi connectivity index (χ1n) is 7.14. The number of nitrogens with one attached hydrogen (secondary N) is 1. The molecule has 0 amide bonds. The van der Waals surface area contributed by atoms with Crippen LogP contribution in [-0.2, 0) is 10.0 Å². The summed E-state index contributed by atoms with van der Waals surface area (Å²) in [5, 5.41) is 4.09. The Kier molecular flexibility index (Phi) is 4.98. The highest BCUT2D eigenvalue weighted by Crippen LogP contribution is 2.11. The van der Waals surface area contributed by atoms with E-state index in [1.54, 1.807) is 24.3 Å². The minimum Gasteiger partial charge on any atom is -0.200 e. The van der Waals surface area contributed by atoms with Gasteiger partial charge in [0.15, 0.2) is 0 Å². The molecule has 4 nitrogen and oxygen atoms in total. The largest absolute Gasteiger partial charge is 0.276 e. The predicted octanol–water partition coefficient (Wildman–Crippen LogP) is 3.40. The van der Waals surface area contributed by atoms with E-state index in [1.165, 1.54) is 0 Å². The Bertz CT molecular complexity index is 761. The van der Waals surface area contributed by atoms with Crippen molar-refractivity contribution < 1.29 is 8.42 Å². The molecule has 22 heavy (non-hydrogen) atoms. The van der Waals surface area contributed by atoms with E-state index >= 15 is 0 Å². The van der Waals surface area contributed by atoms with Gasteiger partial charge in [0.2, 0.25) is 0 Å². The second kappa shape index (κ2) is 6.75. The number of nitrogens with zero attached hydrogens (tertiary/aromatic N) is 1. The molecular formula is C17H20N2O2S. The van der Waals surface area contributed by atoms with Crippen molar-refractivity contribution in [2.75, 3.05) is 0 Å². The average molecular weight is 316 g/mol.